The highest BCUT2D eigenvalue weighted by atomic mass is 32.2. The number of hydrogen-bond donors (Lipinski definition) is 7. The number of carbonyl (C=O) groups is 1. The number of rotatable bonds is 31. The zero-order valence-corrected chi connectivity index (χ0v) is 39.0. The van der Waals surface area contributed by atoms with E-state index in [9.17, 15) is 32.4 Å². The van der Waals surface area contributed by atoms with Gasteiger partial charge in [0.2, 0.25) is 10.0 Å². The maximum absolute atomic E-state index is 13.1. The van der Waals surface area contributed by atoms with Gasteiger partial charge >= 0.3 is 23.6 Å². The molecule has 332 valence electrons. The third-order valence-electron chi connectivity index (χ3n) is 10.7. The van der Waals surface area contributed by atoms with Gasteiger partial charge in [-0.2, -0.15) is 0 Å². The van der Waals surface area contributed by atoms with Crippen molar-refractivity contribution >= 4 is 55.8 Å². The van der Waals surface area contributed by atoms with Crippen molar-refractivity contribution in [2.24, 2.45) is 0 Å². The van der Waals surface area contributed by atoms with E-state index in [0.29, 0.717) is 42.1 Å². The van der Waals surface area contributed by atoms with Crippen LogP contribution in [0.5, 0.6) is 0 Å². The van der Waals surface area contributed by atoms with Crippen LogP contribution in [0.2, 0.25) is 12.1 Å². The number of hydrogen-bond acceptors (Lipinski definition) is 9. The monoisotopic (exact) mass is 874 g/mol. The van der Waals surface area contributed by atoms with Gasteiger partial charge in [0.15, 0.2) is 0 Å². The molecule has 0 radical (unpaired) electrons. The molecule has 12 nitrogen and oxygen atoms in total. The molecule has 7 N–H and O–H groups in total. The van der Waals surface area contributed by atoms with Crippen LogP contribution in [0.3, 0.4) is 0 Å². The summed E-state index contributed by atoms with van der Waals surface area (Å²) >= 11 is 0. The molecule has 0 saturated heterocycles. The van der Waals surface area contributed by atoms with Gasteiger partial charge in [-0.25, -0.2) is 17.9 Å². The lowest BCUT2D eigenvalue weighted by molar-refractivity contribution is 0.152. The van der Waals surface area contributed by atoms with Crippen LogP contribution in [0.15, 0.2) is 65.6 Å². The van der Waals surface area contributed by atoms with Gasteiger partial charge in [-0.1, -0.05) is 140 Å². The highest BCUT2D eigenvalue weighted by Gasteiger charge is 2.44. The van der Waals surface area contributed by atoms with E-state index >= 15 is 0 Å². The van der Waals surface area contributed by atoms with Crippen molar-refractivity contribution < 1.29 is 36.5 Å². The normalized spacial score (nSPS) is 12.4. The number of urea groups is 1. The van der Waals surface area contributed by atoms with Crippen molar-refractivity contribution in [2.75, 3.05) is 37.4 Å². The average molecular weight is 875 g/mol. The van der Waals surface area contributed by atoms with Crippen LogP contribution in [-0.4, -0.2) is 78.4 Å². The van der Waals surface area contributed by atoms with Crippen molar-refractivity contribution in [1.82, 2.24) is 10.0 Å². The highest BCUT2D eigenvalue weighted by Crippen LogP contribution is 2.30. The lowest BCUT2D eigenvalue weighted by Crippen LogP contribution is -2.52. The molecule has 0 aromatic heterocycles. The fourth-order valence-electron chi connectivity index (χ4n) is 7.30. The standard InChI is InChI=1S/C44H74N4O8SSi2/c1-37(2)38-29-31-39(32-30-38)47-44(49)45-33-19-15-11-7-5-9-13-17-21-35-58(52,53)56-59(54,55)36-22-18-14-10-6-8-12-16-20-34-46-57(50,51)43-28-24-25-40-41(43)26-23-27-42(40)48(3)4/h23-32,37,46,52-55H,5-22,33-36H2,1-4H3,(H2,45,47,49). The summed E-state index contributed by atoms with van der Waals surface area (Å²) < 4.78 is 34.1. The maximum Gasteiger partial charge on any atom is 0.488 e. The van der Waals surface area contributed by atoms with Crippen molar-refractivity contribution in [3.8, 4) is 0 Å². The fourth-order valence-corrected chi connectivity index (χ4v) is 12.9. The zero-order chi connectivity index (χ0) is 43.2. The van der Waals surface area contributed by atoms with E-state index in [0.717, 1.165) is 119 Å². The number of nitrogens with zero attached hydrogens (tertiary/aromatic N) is 1. The minimum atomic E-state index is -4.13. The summed E-state index contributed by atoms with van der Waals surface area (Å²) in [6.45, 7) is 5.32. The molecule has 3 aromatic carbocycles. The Kier molecular flexibility index (Phi) is 22.6. The van der Waals surface area contributed by atoms with Crippen LogP contribution >= 0.6 is 0 Å². The Morgan fingerprint density at radius 3 is 1.59 bits per heavy atom. The molecule has 3 rings (SSSR count). The van der Waals surface area contributed by atoms with E-state index in [1.165, 1.54) is 5.56 Å². The summed E-state index contributed by atoms with van der Waals surface area (Å²) in [5.74, 6) is 0.457. The molecule has 0 aliphatic rings. The first-order chi connectivity index (χ1) is 28.1. The van der Waals surface area contributed by atoms with Gasteiger partial charge in [-0.15, -0.1) is 0 Å². The van der Waals surface area contributed by atoms with Crippen molar-refractivity contribution in [3.63, 3.8) is 0 Å². The molecule has 15 heteroatoms. The molecule has 0 bridgehead atoms. The topological polar surface area (TPSA) is 181 Å². The number of carbonyl (C=O) groups excluding carboxylic acids is 1. The van der Waals surface area contributed by atoms with Gasteiger partial charge in [-0.3, -0.25) is 0 Å². The largest absolute Gasteiger partial charge is 0.488 e. The van der Waals surface area contributed by atoms with Gasteiger partial charge < -0.3 is 38.8 Å². The molecule has 2 amide bonds. The Bertz CT molecular complexity index is 1760. The van der Waals surface area contributed by atoms with E-state index in [1.54, 1.807) is 12.1 Å². The number of benzene rings is 3. The van der Waals surface area contributed by atoms with Gasteiger partial charge in [0.1, 0.15) is 0 Å². The van der Waals surface area contributed by atoms with E-state index in [-0.39, 0.29) is 18.1 Å². The summed E-state index contributed by atoms with van der Waals surface area (Å²) in [5, 5.41) is 7.41. The van der Waals surface area contributed by atoms with E-state index in [4.69, 9.17) is 4.12 Å². The predicted octanol–water partition coefficient (Wildman–Crippen LogP) is 9.01. The van der Waals surface area contributed by atoms with Crippen LogP contribution in [0.25, 0.3) is 10.8 Å². The van der Waals surface area contributed by atoms with Crippen LogP contribution in [0, 0.1) is 0 Å². The Balaban J connectivity index is 1.11. The molecule has 0 saturated carbocycles. The van der Waals surface area contributed by atoms with Gasteiger partial charge in [0, 0.05) is 61.4 Å². The quantitative estimate of drug-likeness (QED) is 0.0245. The molecule has 0 aliphatic carbocycles. The number of anilines is 2. The van der Waals surface area contributed by atoms with E-state index in [2.05, 4.69) is 29.2 Å². The van der Waals surface area contributed by atoms with Crippen molar-refractivity contribution in [3.05, 3.63) is 66.2 Å². The van der Waals surface area contributed by atoms with Crippen LogP contribution in [0.1, 0.15) is 141 Å². The molecular formula is C44H74N4O8SSi2. The molecular weight excluding hydrogens is 801 g/mol. The lowest BCUT2D eigenvalue weighted by Gasteiger charge is -2.25. The molecule has 0 spiro atoms. The Hall–Kier alpha value is -2.87. The number of nitrogens with one attached hydrogen (secondary N) is 3. The van der Waals surface area contributed by atoms with Crippen LogP contribution < -0.4 is 20.3 Å². The predicted molar refractivity (Wildman–Crippen MR) is 245 cm³/mol. The Morgan fingerprint density at radius 2 is 1.08 bits per heavy atom. The third-order valence-corrected chi connectivity index (χ3v) is 16.9. The summed E-state index contributed by atoms with van der Waals surface area (Å²) in [7, 11) is -8.00. The second-order valence-corrected chi connectivity index (χ2v) is 23.1. The fraction of sp³-hybridized carbons (Fsp3) is 0.614. The number of fused-ring (bicyclic) bond motifs is 1. The molecule has 0 aliphatic heterocycles. The number of unbranched alkanes of at least 4 members (excludes halogenated alkanes) is 16. The Labute approximate surface area is 357 Å². The van der Waals surface area contributed by atoms with Crippen molar-refractivity contribution in [2.45, 2.75) is 152 Å². The van der Waals surface area contributed by atoms with Crippen LogP contribution in [-0.2, 0) is 14.1 Å². The number of amides is 2. The van der Waals surface area contributed by atoms with E-state index in [1.807, 2.05) is 67.5 Å². The first-order valence-corrected chi connectivity index (χ1v) is 27.5. The van der Waals surface area contributed by atoms with Crippen molar-refractivity contribution in [1.29, 1.82) is 0 Å². The highest BCUT2D eigenvalue weighted by molar-refractivity contribution is 7.89. The minimum absolute atomic E-state index is 0.0601. The second kappa shape index (κ2) is 26.5. The zero-order valence-electron chi connectivity index (χ0n) is 36.2. The van der Waals surface area contributed by atoms with E-state index < -0.39 is 27.6 Å². The molecule has 0 unspecified atom stereocenters. The molecule has 59 heavy (non-hydrogen) atoms. The maximum atomic E-state index is 13.1. The second-order valence-electron chi connectivity index (χ2n) is 16.5. The Morgan fingerprint density at radius 1 is 0.627 bits per heavy atom. The lowest BCUT2D eigenvalue weighted by atomic mass is 10.0. The van der Waals surface area contributed by atoms with Gasteiger partial charge in [-0.05, 0) is 61.4 Å². The number of sulfonamides is 1. The first-order valence-electron chi connectivity index (χ1n) is 22.0. The molecule has 3 aromatic rings. The van der Waals surface area contributed by atoms with Gasteiger partial charge in [0.25, 0.3) is 0 Å². The first kappa shape index (κ1) is 50.5. The van der Waals surface area contributed by atoms with Gasteiger partial charge in [0.05, 0.1) is 4.90 Å². The van der Waals surface area contributed by atoms with Crippen LogP contribution in [0.4, 0.5) is 16.2 Å². The third kappa shape index (κ3) is 20.0. The summed E-state index contributed by atoms with van der Waals surface area (Å²) in [5.41, 5.74) is 3.01. The smallest absolute Gasteiger partial charge is 0.390 e. The minimum Gasteiger partial charge on any atom is -0.390 e. The summed E-state index contributed by atoms with van der Waals surface area (Å²) in [6.07, 6.45) is 17.0. The summed E-state index contributed by atoms with van der Waals surface area (Å²) in [4.78, 5) is 56.0. The molecule has 0 atom stereocenters. The molecule has 0 fully saturated rings. The average Bonchev–Trinajstić information content (AvgIpc) is 3.17. The molecule has 0 heterocycles. The summed E-state index contributed by atoms with van der Waals surface area (Å²) in [6, 6.07) is 19.0. The SMILES string of the molecule is CC(C)c1ccc(NC(=O)NCCCCCCCCCCC[Si](O)(O)O[Si](O)(O)CCCCCCCCCCCNS(=O)(=O)c2cccc3c(N(C)C)cccc23)cc1.